The highest BCUT2D eigenvalue weighted by atomic mass is 16.5. The lowest BCUT2D eigenvalue weighted by molar-refractivity contribution is 0.306. The first-order valence-corrected chi connectivity index (χ1v) is 7.29. The smallest absolute Gasteiger partial charge is 0.139 e. The van der Waals surface area contributed by atoms with Crippen molar-refractivity contribution in [2.24, 2.45) is 0 Å². The third-order valence-electron chi connectivity index (χ3n) is 3.75. The molecule has 0 atom stereocenters. The Labute approximate surface area is 129 Å². The maximum Gasteiger partial charge on any atom is 0.139 e. The second kappa shape index (κ2) is 6.02. The number of methoxy groups -OCH3 is 1. The van der Waals surface area contributed by atoms with Gasteiger partial charge in [0, 0.05) is 23.7 Å². The van der Waals surface area contributed by atoms with E-state index < -0.39 is 0 Å². The van der Waals surface area contributed by atoms with E-state index in [-0.39, 0.29) is 0 Å². The molecule has 1 heterocycles. The van der Waals surface area contributed by atoms with Crippen LogP contribution in [0.25, 0.3) is 10.9 Å². The number of para-hydroxylation sites is 1. The first-order valence-electron chi connectivity index (χ1n) is 7.29. The van der Waals surface area contributed by atoms with Gasteiger partial charge in [0.2, 0.25) is 0 Å². The van der Waals surface area contributed by atoms with Crippen molar-refractivity contribution in [3.63, 3.8) is 0 Å². The van der Waals surface area contributed by atoms with Gasteiger partial charge in [0.1, 0.15) is 23.9 Å². The Morgan fingerprint density at radius 3 is 2.45 bits per heavy atom. The Bertz CT molecular complexity index is 775. The van der Waals surface area contributed by atoms with Gasteiger partial charge in [-0.1, -0.05) is 12.1 Å². The number of aromatic nitrogens is 1. The molecule has 0 radical (unpaired) electrons. The molecule has 3 rings (SSSR count). The number of benzene rings is 2. The standard InChI is InChI=1S/C18H19NO3/c1-3-19-11-13(16-5-4-6-17(20)18(16)19)12-22-15-9-7-14(21-2)8-10-15/h4-11,20H,3,12H2,1-2H3. The first kappa shape index (κ1) is 14.3. The van der Waals surface area contributed by atoms with Crippen molar-refractivity contribution in [1.82, 2.24) is 4.57 Å². The summed E-state index contributed by atoms with van der Waals surface area (Å²) < 4.78 is 13.0. The fourth-order valence-corrected chi connectivity index (χ4v) is 2.61. The Hall–Kier alpha value is -2.62. The fraction of sp³-hybridized carbons (Fsp3) is 0.222. The number of fused-ring (bicyclic) bond motifs is 1. The van der Waals surface area contributed by atoms with Crippen molar-refractivity contribution in [3.05, 3.63) is 54.2 Å². The van der Waals surface area contributed by atoms with Crippen LogP contribution in [0.3, 0.4) is 0 Å². The van der Waals surface area contributed by atoms with Gasteiger partial charge in [-0.2, -0.15) is 0 Å². The van der Waals surface area contributed by atoms with Crippen molar-refractivity contribution in [1.29, 1.82) is 0 Å². The van der Waals surface area contributed by atoms with Crippen LogP contribution in [0.15, 0.2) is 48.7 Å². The first-order chi connectivity index (χ1) is 10.7. The molecule has 0 fully saturated rings. The van der Waals surface area contributed by atoms with E-state index in [1.165, 1.54) is 0 Å². The molecule has 2 aromatic carbocycles. The molecule has 4 nitrogen and oxygen atoms in total. The Morgan fingerprint density at radius 1 is 1.05 bits per heavy atom. The van der Waals surface area contributed by atoms with Gasteiger partial charge in [0.25, 0.3) is 0 Å². The molecule has 0 saturated carbocycles. The molecule has 0 spiro atoms. The van der Waals surface area contributed by atoms with Crippen LogP contribution in [-0.2, 0) is 13.2 Å². The number of phenolic OH excluding ortho intramolecular Hbond substituents is 1. The van der Waals surface area contributed by atoms with Gasteiger partial charge in [-0.15, -0.1) is 0 Å². The summed E-state index contributed by atoms with van der Waals surface area (Å²) in [7, 11) is 1.64. The van der Waals surface area contributed by atoms with E-state index in [4.69, 9.17) is 9.47 Å². The third-order valence-corrected chi connectivity index (χ3v) is 3.75. The summed E-state index contributed by atoms with van der Waals surface area (Å²) in [5.74, 6) is 1.90. The minimum atomic E-state index is 0.301. The molecule has 0 aliphatic carbocycles. The SMILES string of the molecule is CCn1cc(COc2ccc(OC)cc2)c2cccc(O)c21. The number of rotatable bonds is 5. The monoisotopic (exact) mass is 297 g/mol. The summed E-state index contributed by atoms with van der Waals surface area (Å²) in [6, 6.07) is 13.1. The quantitative estimate of drug-likeness (QED) is 0.775. The van der Waals surface area contributed by atoms with E-state index in [2.05, 4.69) is 6.92 Å². The molecule has 114 valence electrons. The second-order valence-electron chi connectivity index (χ2n) is 5.08. The zero-order chi connectivity index (χ0) is 15.5. The summed E-state index contributed by atoms with van der Waals surface area (Å²) in [5.41, 5.74) is 1.92. The molecular weight excluding hydrogens is 278 g/mol. The van der Waals surface area contributed by atoms with Gasteiger partial charge in [0.05, 0.1) is 12.6 Å². The van der Waals surface area contributed by atoms with E-state index in [0.717, 1.165) is 34.5 Å². The van der Waals surface area contributed by atoms with E-state index in [9.17, 15) is 5.11 Å². The average molecular weight is 297 g/mol. The summed E-state index contributed by atoms with van der Waals surface area (Å²) in [6.45, 7) is 3.32. The van der Waals surface area contributed by atoms with Crippen LogP contribution in [0.4, 0.5) is 0 Å². The lowest BCUT2D eigenvalue weighted by atomic mass is 10.2. The average Bonchev–Trinajstić information content (AvgIpc) is 2.93. The molecule has 3 aromatic rings. The van der Waals surface area contributed by atoms with Gasteiger partial charge in [-0.05, 0) is 37.3 Å². The lowest BCUT2D eigenvalue weighted by Crippen LogP contribution is -1.95. The molecule has 0 saturated heterocycles. The molecule has 0 amide bonds. The number of ether oxygens (including phenoxy) is 2. The summed E-state index contributed by atoms with van der Waals surface area (Å²) in [5, 5.41) is 11.1. The molecular formula is C18H19NO3. The highest BCUT2D eigenvalue weighted by molar-refractivity contribution is 5.88. The number of nitrogens with zero attached hydrogens (tertiary/aromatic N) is 1. The zero-order valence-electron chi connectivity index (χ0n) is 12.7. The van der Waals surface area contributed by atoms with Crippen LogP contribution < -0.4 is 9.47 Å². The lowest BCUT2D eigenvalue weighted by Gasteiger charge is -2.06. The second-order valence-corrected chi connectivity index (χ2v) is 5.08. The minimum absolute atomic E-state index is 0.301. The van der Waals surface area contributed by atoms with Gasteiger partial charge < -0.3 is 19.1 Å². The molecule has 1 aromatic heterocycles. The zero-order valence-corrected chi connectivity index (χ0v) is 12.7. The maximum absolute atomic E-state index is 10.1. The summed E-state index contributed by atoms with van der Waals surface area (Å²) in [4.78, 5) is 0. The Morgan fingerprint density at radius 2 is 1.77 bits per heavy atom. The molecule has 0 aliphatic rings. The maximum atomic E-state index is 10.1. The largest absolute Gasteiger partial charge is 0.506 e. The van der Waals surface area contributed by atoms with Crippen LogP contribution in [0.2, 0.25) is 0 Å². The predicted octanol–water partition coefficient (Wildman–Crippen LogP) is 3.95. The van der Waals surface area contributed by atoms with E-state index in [1.54, 1.807) is 13.2 Å². The van der Waals surface area contributed by atoms with E-state index >= 15 is 0 Å². The molecule has 0 unspecified atom stereocenters. The Kier molecular flexibility index (Phi) is 3.92. The highest BCUT2D eigenvalue weighted by Crippen LogP contribution is 2.30. The molecule has 4 heteroatoms. The minimum Gasteiger partial charge on any atom is -0.506 e. The number of aryl methyl sites for hydroxylation is 1. The van der Waals surface area contributed by atoms with Crippen LogP contribution in [-0.4, -0.2) is 16.8 Å². The van der Waals surface area contributed by atoms with Crippen molar-refractivity contribution in [2.75, 3.05) is 7.11 Å². The molecule has 0 aliphatic heterocycles. The van der Waals surface area contributed by atoms with Gasteiger partial charge in [0.15, 0.2) is 0 Å². The number of hydrogen-bond donors (Lipinski definition) is 1. The molecule has 1 N–H and O–H groups in total. The van der Waals surface area contributed by atoms with E-state index in [0.29, 0.717) is 12.4 Å². The van der Waals surface area contributed by atoms with Crippen LogP contribution >= 0.6 is 0 Å². The third kappa shape index (κ3) is 2.60. The summed E-state index contributed by atoms with van der Waals surface area (Å²) in [6.07, 6.45) is 2.04. The van der Waals surface area contributed by atoms with Crippen LogP contribution in [0.1, 0.15) is 12.5 Å². The molecule has 22 heavy (non-hydrogen) atoms. The van der Waals surface area contributed by atoms with Gasteiger partial charge in [-0.25, -0.2) is 0 Å². The van der Waals surface area contributed by atoms with Crippen molar-refractivity contribution < 1.29 is 14.6 Å². The topological polar surface area (TPSA) is 43.6 Å². The van der Waals surface area contributed by atoms with Crippen LogP contribution in [0, 0.1) is 0 Å². The van der Waals surface area contributed by atoms with E-state index in [1.807, 2.05) is 47.2 Å². The normalized spacial score (nSPS) is 10.8. The number of phenols is 1. The fourth-order valence-electron chi connectivity index (χ4n) is 2.61. The Balaban J connectivity index is 1.86. The van der Waals surface area contributed by atoms with Crippen molar-refractivity contribution in [3.8, 4) is 17.2 Å². The predicted molar refractivity (Wildman–Crippen MR) is 86.6 cm³/mol. The van der Waals surface area contributed by atoms with Crippen molar-refractivity contribution in [2.45, 2.75) is 20.1 Å². The highest BCUT2D eigenvalue weighted by Gasteiger charge is 2.11. The van der Waals surface area contributed by atoms with Gasteiger partial charge in [-0.3, -0.25) is 0 Å². The number of aromatic hydroxyl groups is 1. The van der Waals surface area contributed by atoms with Crippen molar-refractivity contribution >= 4 is 10.9 Å². The number of hydrogen-bond acceptors (Lipinski definition) is 3. The molecule has 0 bridgehead atoms. The van der Waals surface area contributed by atoms with Crippen LogP contribution in [0.5, 0.6) is 17.2 Å². The summed E-state index contributed by atoms with van der Waals surface area (Å²) >= 11 is 0. The van der Waals surface area contributed by atoms with Gasteiger partial charge >= 0.3 is 0 Å².